The molecule has 0 aliphatic carbocycles. The molecule has 1 heterocycles. The molecule has 0 aromatic carbocycles. The minimum absolute atomic E-state index is 0.226. The Morgan fingerprint density at radius 2 is 2.25 bits per heavy atom. The van der Waals surface area contributed by atoms with Crippen LogP contribution in [0.3, 0.4) is 0 Å². The fourth-order valence-corrected chi connectivity index (χ4v) is 0.981. The Bertz CT molecular complexity index is 123. The minimum Gasteiger partial charge on any atom is -0.390 e. The summed E-state index contributed by atoms with van der Waals surface area (Å²) in [6.07, 6.45) is 0.894. The Hall–Kier alpha value is -0.120. The molecule has 2 unspecified atom stereocenters. The van der Waals surface area contributed by atoms with Crippen molar-refractivity contribution in [2.24, 2.45) is 5.92 Å². The molecule has 1 saturated heterocycles. The largest absolute Gasteiger partial charge is 0.390 e. The molecule has 1 aliphatic rings. The fourth-order valence-electron chi connectivity index (χ4n) is 0.981. The van der Waals surface area contributed by atoms with E-state index < -0.39 is 0 Å². The van der Waals surface area contributed by atoms with E-state index in [4.69, 9.17) is 9.47 Å². The molecule has 0 aromatic rings. The lowest BCUT2D eigenvalue weighted by molar-refractivity contribution is -0.147. The summed E-state index contributed by atoms with van der Waals surface area (Å²) in [4.78, 5) is 0. The first-order valence-electron chi connectivity index (χ1n) is 4.61. The molecule has 1 rings (SSSR count). The van der Waals surface area contributed by atoms with Gasteiger partial charge in [0.2, 0.25) is 0 Å². The van der Waals surface area contributed by atoms with E-state index in [1.165, 1.54) is 0 Å². The summed E-state index contributed by atoms with van der Waals surface area (Å²) in [6, 6.07) is 0. The number of aliphatic hydroxyl groups excluding tert-OH is 1. The van der Waals surface area contributed by atoms with Crippen molar-refractivity contribution < 1.29 is 14.6 Å². The molecule has 0 saturated carbocycles. The lowest BCUT2D eigenvalue weighted by Crippen LogP contribution is -2.38. The van der Waals surface area contributed by atoms with Gasteiger partial charge in [-0.3, -0.25) is 0 Å². The summed E-state index contributed by atoms with van der Waals surface area (Å²) in [5.41, 5.74) is 0. The average molecular weight is 174 g/mol. The van der Waals surface area contributed by atoms with Crippen LogP contribution in [0.4, 0.5) is 0 Å². The van der Waals surface area contributed by atoms with Gasteiger partial charge in [0.1, 0.15) is 6.10 Å². The zero-order valence-electron chi connectivity index (χ0n) is 7.82. The lowest BCUT2D eigenvalue weighted by Gasteiger charge is -2.28. The average Bonchev–Trinajstić information content (AvgIpc) is 2.00. The van der Waals surface area contributed by atoms with Crippen LogP contribution in [0.2, 0.25) is 0 Å². The normalized spacial score (nSPS) is 23.2. The van der Waals surface area contributed by atoms with Gasteiger partial charge in [0.25, 0.3) is 0 Å². The molecule has 1 N–H and O–H groups in total. The third-order valence-electron chi connectivity index (χ3n) is 2.41. The summed E-state index contributed by atoms with van der Waals surface area (Å²) in [5, 5.41) is 9.52. The lowest BCUT2D eigenvalue weighted by atomic mass is 10.0. The molecule has 0 aromatic heterocycles. The highest BCUT2D eigenvalue weighted by Gasteiger charge is 2.21. The predicted octanol–water partition coefficient (Wildman–Crippen LogP) is 0.809. The first-order chi connectivity index (χ1) is 5.74. The van der Waals surface area contributed by atoms with E-state index in [0.29, 0.717) is 25.7 Å². The zero-order valence-corrected chi connectivity index (χ0v) is 7.82. The Labute approximate surface area is 73.7 Å². The van der Waals surface area contributed by atoms with Crippen molar-refractivity contribution in [3.05, 3.63) is 0 Å². The van der Waals surface area contributed by atoms with Crippen molar-refractivity contribution in [1.29, 1.82) is 0 Å². The van der Waals surface area contributed by atoms with Crippen LogP contribution in [0, 0.1) is 5.92 Å². The van der Waals surface area contributed by atoms with Gasteiger partial charge in [0.05, 0.1) is 25.9 Å². The van der Waals surface area contributed by atoms with Gasteiger partial charge in [0.15, 0.2) is 0 Å². The molecule has 72 valence electrons. The van der Waals surface area contributed by atoms with Gasteiger partial charge in [0, 0.05) is 0 Å². The van der Waals surface area contributed by atoms with Gasteiger partial charge < -0.3 is 14.6 Å². The van der Waals surface area contributed by atoms with Gasteiger partial charge in [-0.05, 0) is 5.92 Å². The molecule has 0 spiro atoms. The highest BCUT2D eigenvalue weighted by atomic mass is 16.6. The SMILES string of the molecule is CCC(C)C(O)COC1COC1. The van der Waals surface area contributed by atoms with Crippen molar-refractivity contribution in [3.63, 3.8) is 0 Å². The van der Waals surface area contributed by atoms with Crippen molar-refractivity contribution in [1.82, 2.24) is 0 Å². The van der Waals surface area contributed by atoms with Crippen LogP contribution in [0.25, 0.3) is 0 Å². The van der Waals surface area contributed by atoms with Crippen molar-refractivity contribution in [3.8, 4) is 0 Å². The Morgan fingerprint density at radius 1 is 1.58 bits per heavy atom. The number of hydrogen-bond donors (Lipinski definition) is 1. The van der Waals surface area contributed by atoms with Gasteiger partial charge in [-0.25, -0.2) is 0 Å². The maximum Gasteiger partial charge on any atom is 0.104 e. The number of hydrogen-bond acceptors (Lipinski definition) is 3. The molecular formula is C9H18O3. The first kappa shape index (κ1) is 9.96. The quantitative estimate of drug-likeness (QED) is 0.670. The molecular weight excluding hydrogens is 156 g/mol. The van der Waals surface area contributed by atoms with E-state index in [-0.39, 0.29) is 12.2 Å². The summed E-state index contributed by atoms with van der Waals surface area (Å²) >= 11 is 0. The second-order valence-corrected chi connectivity index (χ2v) is 3.45. The summed E-state index contributed by atoms with van der Waals surface area (Å²) in [6.45, 7) is 5.93. The number of ether oxygens (including phenoxy) is 2. The zero-order chi connectivity index (χ0) is 8.97. The topological polar surface area (TPSA) is 38.7 Å². The Balaban J connectivity index is 2.04. The van der Waals surface area contributed by atoms with Crippen molar-refractivity contribution in [2.45, 2.75) is 32.5 Å². The maximum atomic E-state index is 9.52. The minimum atomic E-state index is -0.324. The highest BCUT2D eigenvalue weighted by Crippen LogP contribution is 2.11. The fraction of sp³-hybridized carbons (Fsp3) is 1.00. The second-order valence-electron chi connectivity index (χ2n) is 3.45. The molecule has 3 heteroatoms. The standard InChI is InChI=1S/C9H18O3/c1-3-7(2)9(10)6-12-8-4-11-5-8/h7-10H,3-6H2,1-2H3. The van der Waals surface area contributed by atoms with Crippen LogP contribution >= 0.6 is 0 Å². The molecule has 2 atom stereocenters. The van der Waals surface area contributed by atoms with Crippen LogP contribution in [-0.4, -0.2) is 37.1 Å². The van der Waals surface area contributed by atoms with E-state index in [0.717, 1.165) is 6.42 Å². The van der Waals surface area contributed by atoms with Crippen LogP contribution < -0.4 is 0 Å². The van der Waals surface area contributed by atoms with Crippen LogP contribution in [0.1, 0.15) is 20.3 Å². The van der Waals surface area contributed by atoms with E-state index in [9.17, 15) is 5.11 Å². The van der Waals surface area contributed by atoms with Crippen molar-refractivity contribution >= 4 is 0 Å². The van der Waals surface area contributed by atoms with Crippen LogP contribution in [0.15, 0.2) is 0 Å². The van der Waals surface area contributed by atoms with E-state index in [1.54, 1.807) is 0 Å². The Morgan fingerprint density at radius 3 is 2.67 bits per heavy atom. The van der Waals surface area contributed by atoms with Gasteiger partial charge in [-0.2, -0.15) is 0 Å². The molecule has 12 heavy (non-hydrogen) atoms. The van der Waals surface area contributed by atoms with Crippen LogP contribution in [0.5, 0.6) is 0 Å². The third kappa shape index (κ3) is 2.73. The van der Waals surface area contributed by atoms with Crippen molar-refractivity contribution in [2.75, 3.05) is 19.8 Å². The van der Waals surface area contributed by atoms with Gasteiger partial charge >= 0.3 is 0 Å². The summed E-state index contributed by atoms with van der Waals surface area (Å²) in [5.74, 6) is 0.325. The summed E-state index contributed by atoms with van der Waals surface area (Å²) < 4.78 is 10.3. The molecule has 0 amide bonds. The number of aliphatic hydroxyl groups is 1. The smallest absolute Gasteiger partial charge is 0.104 e. The highest BCUT2D eigenvalue weighted by molar-refractivity contribution is 4.67. The predicted molar refractivity (Wildman–Crippen MR) is 46.0 cm³/mol. The summed E-state index contributed by atoms with van der Waals surface area (Å²) in [7, 11) is 0. The molecule has 0 bridgehead atoms. The second kappa shape index (κ2) is 4.80. The number of rotatable bonds is 5. The van der Waals surface area contributed by atoms with Gasteiger partial charge in [-0.15, -0.1) is 0 Å². The maximum absolute atomic E-state index is 9.52. The van der Waals surface area contributed by atoms with E-state index in [1.807, 2.05) is 6.92 Å². The molecule has 3 nitrogen and oxygen atoms in total. The molecule has 1 aliphatic heterocycles. The van der Waals surface area contributed by atoms with Crippen LogP contribution in [-0.2, 0) is 9.47 Å². The third-order valence-corrected chi connectivity index (χ3v) is 2.41. The first-order valence-corrected chi connectivity index (χ1v) is 4.61. The van der Waals surface area contributed by atoms with Gasteiger partial charge in [-0.1, -0.05) is 20.3 Å². The Kier molecular flexibility index (Phi) is 3.98. The monoisotopic (exact) mass is 174 g/mol. The van der Waals surface area contributed by atoms with E-state index >= 15 is 0 Å². The molecule has 1 fully saturated rings. The molecule has 0 radical (unpaired) electrons. The van der Waals surface area contributed by atoms with E-state index in [2.05, 4.69) is 6.92 Å².